The SMILES string of the molecule is CCOc1ccc(/C=C(\Cl)c2nc3sc(C(=O)[O-])c(C)c3c(=O)[nH]2)cc1. The molecule has 26 heavy (non-hydrogen) atoms. The predicted octanol–water partition coefficient (Wildman–Crippen LogP) is 2.79. The number of carboxylic acid groups (broad SMARTS) is 1. The van der Waals surface area contributed by atoms with E-state index >= 15 is 0 Å². The molecule has 0 fully saturated rings. The van der Waals surface area contributed by atoms with E-state index in [2.05, 4.69) is 9.97 Å². The van der Waals surface area contributed by atoms with Gasteiger partial charge in [-0.1, -0.05) is 23.7 Å². The molecular weight excluding hydrogens is 376 g/mol. The number of rotatable bonds is 5. The summed E-state index contributed by atoms with van der Waals surface area (Å²) < 4.78 is 5.38. The van der Waals surface area contributed by atoms with Crippen molar-refractivity contribution < 1.29 is 14.6 Å². The third-order valence-corrected chi connectivity index (χ3v) is 5.15. The Morgan fingerprint density at radius 2 is 2.08 bits per heavy atom. The van der Waals surface area contributed by atoms with Crippen molar-refractivity contribution in [3.63, 3.8) is 0 Å². The molecule has 1 aromatic carbocycles. The number of carbonyl (C=O) groups is 1. The maximum atomic E-state index is 12.3. The van der Waals surface area contributed by atoms with Crippen molar-refractivity contribution in [3.05, 3.63) is 56.4 Å². The quantitative estimate of drug-likeness (QED) is 0.723. The number of carbonyl (C=O) groups excluding carboxylic acids is 1. The number of hydrogen-bond acceptors (Lipinski definition) is 6. The fourth-order valence-corrected chi connectivity index (χ4v) is 3.73. The van der Waals surface area contributed by atoms with E-state index in [9.17, 15) is 14.7 Å². The molecule has 0 saturated carbocycles. The first-order chi connectivity index (χ1) is 12.4. The van der Waals surface area contributed by atoms with Gasteiger partial charge in [0.1, 0.15) is 10.6 Å². The maximum Gasteiger partial charge on any atom is 0.260 e. The molecule has 0 aliphatic carbocycles. The van der Waals surface area contributed by atoms with E-state index in [-0.39, 0.29) is 21.1 Å². The third kappa shape index (κ3) is 3.49. The van der Waals surface area contributed by atoms with Crippen LogP contribution in [0, 0.1) is 6.92 Å². The standard InChI is InChI=1S/C18H15ClN2O4S/c1-3-25-11-6-4-10(5-7-11)8-12(19)15-20-16(22)13-9(2)14(18(23)24)26-17(13)21-15/h4-8H,3H2,1-2H3,(H,23,24)(H,20,21,22)/p-1/b12-8-. The Balaban J connectivity index is 2.01. The van der Waals surface area contributed by atoms with Crippen LogP contribution in [0.3, 0.4) is 0 Å². The van der Waals surface area contributed by atoms with E-state index < -0.39 is 11.5 Å². The van der Waals surface area contributed by atoms with Crippen LogP contribution in [-0.4, -0.2) is 22.5 Å². The molecule has 0 radical (unpaired) electrons. The number of hydrogen-bond donors (Lipinski definition) is 1. The molecule has 0 amide bonds. The van der Waals surface area contributed by atoms with Gasteiger partial charge in [-0.15, -0.1) is 11.3 Å². The van der Waals surface area contributed by atoms with E-state index in [0.717, 1.165) is 22.6 Å². The van der Waals surface area contributed by atoms with Gasteiger partial charge in [-0.05, 0) is 43.2 Å². The summed E-state index contributed by atoms with van der Waals surface area (Å²) in [5.41, 5.74) is 0.709. The lowest BCUT2D eigenvalue weighted by Gasteiger charge is -2.03. The van der Waals surface area contributed by atoms with Crippen LogP contribution >= 0.6 is 22.9 Å². The molecular formula is C18H14ClN2O4S-. The maximum absolute atomic E-state index is 12.3. The minimum absolute atomic E-state index is 0.0123. The van der Waals surface area contributed by atoms with E-state index in [0.29, 0.717) is 17.0 Å². The number of benzene rings is 1. The van der Waals surface area contributed by atoms with Gasteiger partial charge in [-0.2, -0.15) is 0 Å². The first kappa shape index (κ1) is 18.2. The summed E-state index contributed by atoms with van der Waals surface area (Å²) in [7, 11) is 0. The Morgan fingerprint density at radius 3 is 2.69 bits per heavy atom. The van der Waals surface area contributed by atoms with Gasteiger partial charge in [0.25, 0.3) is 5.56 Å². The Morgan fingerprint density at radius 1 is 1.38 bits per heavy atom. The van der Waals surface area contributed by atoms with E-state index in [1.807, 2.05) is 31.2 Å². The van der Waals surface area contributed by atoms with E-state index in [1.165, 1.54) is 0 Å². The number of ether oxygens (including phenoxy) is 1. The number of H-pyrrole nitrogens is 1. The minimum atomic E-state index is -1.33. The Labute approximate surface area is 157 Å². The van der Waals surface area contributed by atoms with Crippen LogP contribution < -0.4 is 15.4 Å². The molecule has 0 aliphatic heterocycles. The number of aromatic carboxylic acids is 1. The van der Waals surface area contributed by atoms with Gasteiger partial charge in [0.15, 0.2) is 5.82 Å². The number of thiophene rings is 1. The second-order valence-electron chi connectivity index (χ2n) is 5.43. The van der Waals surface area contributed by atoms with Crippen molar-refractivity contribution in [1.82, 2.24) is 9.97 Å². The summed E-state index contributed by atoms with van der Waals surface area (Å²) in [5, 5.41) is 11.6. The molecule has 6 nitrogen and oxygen atoms in total. The highest BCUT2D eigenvalue weighted by molar-refractivity contribution is 7.20. The number of halogens is 1. The normalized spacial score (nSPS) is 11.7. The second kappa shape index (κ2) is 7.31. The molecule has 0 saturated heterocycles. The molecule has 3 rings (SSSR count). The molecule has 0 unspecified atom stereocenters. The van der Waals surface area contributed by atoms with Crippen LogP contribution in [0.1, 0.15) is 33.5 Å². The highest BCUT2D eigenvalue weighted by Crippen LogP contribution is 2.28. The molecule has 0 spiro atoms. The molecule has 1 N–H and O–H groups in total. The number of aromatic amines is 1. The number of aromatic nitrogens is 2. The summed E-state index contributed by atoms with van der Waals surface area (Å²) in [6.07, 6.45) is 1.65. The summed E-state index contributed by atoms with van der Waals surface area (Å²) in [6, 6.07) is 7.28. The average Bonchev–Trinajstić information content (AvgIpc) is 2.94. The zero-order chi connectivity index (χ0) is 18.8. The van der Waals surface area contributed by atoms with Crippen molar-refractivity contribution in [2.45, 2.75) is 13.8 Å². The van der Waals surface area contributed by atoms with Gasteiger partial charge < -0.3 is 19.6 Å². The number of nitrogens with one attached hydrogen (secondary N) is 1. The highest BCUT2D eigenvalue weighted by atomic mass is 35.5. The predicted molar refractivity (Wildman–Crippen MR) is 101 cm³/mol. The zero-order valence-corrected chi connectivity index (χ0v) is 15.5. The molecule has 0 atom stereocenters. The highest BCUT2D eigenvalue weighted by Gasteiger charge is 2.15. The number of fused-ring (bicyclic) bond motifs is 1. The summed E-state index contributed by atoms with van der Waals surface area (Å²) in [6.45, 7) is 4.04. The van der Waals surface area contributed by atoms with Crippen LogP contribution in [0.2, 0.25) is 0 Å². The summed E-state index contributed by atoms with van der Waals surface area (Å²) in [5.74, 6) is -0.413. The van der Waals surface area contributed by atoms with Crippen LogP contribution in [0.5, 0.6) is 5.75 Å². The molecule has 0 aliphatic rings. The Bertz CT molecular complexity index is 1070. The first-order valence-electron chi connectivity index (χ1n) is 7.76. The summed E-state index contributed by atoms with van der Waals surface area (Å²) >= 11 is 7.19. The van der Waals surface area contributed by atoms with E-state index in [4.69, 9.17) is 16.3 Å². The molecule has 2 heterocycles. The fourth-order valence-electron chi connectivity index (χ4n) is 2.49. The van der Waals surface area contributed by atoms with Crippen molar-refractivity contribution in [3.8, 4) is 5.75 Å². The average molecular weight is 390 g/mol. The fraction of sp³-hybridized carbons (Fsp3) is 0.167. The largest absolute Gasteiger partial charge is 0.544 e. The van der Waals surface area contributed by atoms with Crippen molar-refractivity contribution in [2.75, 3.05) is 6.61 Å². The summed E-state index contributed by atoms with van der Waals surface area (Å²) in [4.78, 5) is 30.7. The lowest BCUT2D eigenvalue weighted by atomic mass is 10.2. The van der Waals surface area contributed by atoms with Crippen molar-refractivity contribution in [1.29, 1.82) is 0 Å². The molecule has 134 valence electrons. The van der Waals surface area contributed by atoms with Gasteiger partial charge in [-0.25, -0.2) is 4.98 Å². The van der Waals surface area contributed by atoms with E-state index in [1.54, 1.807) is 13.0 Å². The van der Waals surface area contributed by atoms with Gasteiger partial charge in [0.05, 0.1) is 27.9 Å². The third-order valence-electron chi connectivity index (χ3n) is 3.70. The molecule has 8 heteroatoms. The van der Waals surface area contributed by atoms with Crippen molar-refractivity contribution in [2.24, 2.45) is 0 Å². The Kier molecular flexibility index (Phi) is 5.11. The van der Waals surface area contributed by atoms with Crippen LogP contribution in [-0.2, 0) is 0 Å². The number of aryl methyl sites for hydroxylation is 1. The van der Waals surface area contributed by atoms with Gasteiger partial charge in [-0.3, -0.25) is 4.79 Å². The van der Waals surface area contributed by atoms with Gasteiger partial charge >= 0.3 is 0 Å². The smallest absolute Gasteiger partial charge is 0.260 e. The molecule has 2 aromatic heterocycles. The van der Waals surface area contributed by atoms with Crippen LogP contribution in [0.25, 0.3) is 21.3 Å². The second-order valence-corrected chi connectivity index (χ2v) is 6.84. The lowest BCUT2D eigenvalue weighted by Crippen LogP contribution is -2.21. The van der Waals surface area contributed by atoms with Gasteiger partial charge in [0.2, 0.25) is 0 Å². The zero-order valence-electron chi connectivity index (χ0n) is 14.0. The van der Waals surface area contributed by atoms with Crippen molar-refractivity contribution >= 4 is 50.2 Å². The lowest BCUT2D eigenvalue weighted by molar-refractivity contribution is -0.254. The topological polar surface area (TPSA) is 95.1 Å². The molecule has 0 bridgehead atoms. The van der Waals surface area contributed by atoms with Gasteiger partial charge in [0, 0.05) is 0 Å². The molecule has 3 aromatic rings. The minimum Gasteiger partial charge on any atom is -0.544 e. The van der Waals surface area contributed by atoms with Crippen LogP contribution in [0.15, 0.2) is 29.1 Å². The first-order valence-corrected chi connectivity index (χ1v) is 8.95. The number of carboxylic acids is 1. The monoisotopic (exact) mass is 389 g/mol. The Hall–Kier alpha value is -2.64. The van der Waals surface area contributed by atoms with Crippen LogP contribution in [0.4, 0.5) is 0 Å². The number of nitrogens with zero attached hydrogens (tertiary/aromatic N) is 1.